The Hall–Kier alpha value is -2.54. The molecule has 0 radical (unpaired) electrons. The molecule has 0 aliphatic carbocycles. The second-order valence-corrected chi connectivity index (χ2v) is 5.99. The Morgan fingerprint density at radius 3 is 2.79 bits per heavy atom. The van der Waals surface area contributed by atoms with Crippen LogP contribution in [-0.2, 0) is 6.54 Å². The predicted octanol–water partition coefficient (Wildman–Crippen LogP) is 2.39. The summed E-state index contributed by atoms with van der Waals surface area (Å²) in [7, 11) is 0. The van der Waals surface area contributed by atoms with Crippen LogP contribution in [0.4, 0.5) is 10.2 Å². The second-order valence-electron chi connectivity index (χ2n) is 5.99. The molecule has 0 unspecified atom stereocenters. The lowest BCUT2D eigenvalue weighted by Gasteiger charge is -2.35. The Balaban J connectivity index is 1.42. The average molecular weight is 327 g/mol. The summed E-state index contributed by atoms with van der Waals surface area (Å²) in [5.74, 6) is 1.46. The van der Waals surface area contributed by atoms with Gasteiger partial charge >= 0.3 is 0 Å². The molecule has 1 aliphatic rings. The third-order valence-corrected chi connectivity index (χ3v) is 4.34. The number of hydrogen-bond acceptors (Lipinski definition) is 6. The molecule has 7 heteroatoms. The van der Waals surface area contributed by atoms with E-state index >= 15 is 0 Å². The number of benzene rings is 1. The summed E-state index contributed by atoms with van der Waals surface area (Å²) in [5, 5.41) is 4.98. The lowest BCUT2D eigenvalue weighted by Crippen LogP contribution is -2.46. The van der Waals surface area contributed by atoms with Crippen LogP contribution in [0.1, 0.15) is 11.5 Å². The van der Waals surface area contributed by atoms with Gasteiger partial charge in [0, 0.05) is 50.4 Å². The van der Waals surface area contributed by atoms with Crippen LogP contribution in [0.3, 0.4) is 0 Å². The van der Waals surface area contributed by atoms with Gasteiger partial charge in [0.15, 0.2) is 5.58 Å². The number of hydrogen-bond donors (Lipinski definition) is 0. The van der Waals surface area contributed by atoms with Crippen molar-refractivity contribution in [1.82, 2.24) is 20.0 Å². The van der Waals surface area contributed by atoms with E-state index in [-0.39, 0.29) is 5.82 Å². The number of aryl methyl sites for hydroxylation is 1. The van der Waals surface area contributed by atoms with Crippen molar-refractivity contribution in [2.24, 2.45) is 0 Å². The molecule has 24 heavy (non-hydrogen) atoms. The Kier molecular flexibility index (Phi) is 3.86. The molecule has 3 aromatic rings. The summed E-state index contributed by atoms with van der Waals surface area (Å²) in [6.45, 7) is 6.24. The van der Waals surface area contributed by atoms with Gasteiger partial charge in [0.25, 0.3) is 0 Å². The summed E-state index contributed by atoms with van der Waals surface area (Å²) >= 11 is 0. The van der Waals surface area contributed by atoms with Gasteiger partial charge in [0.05, 0.1) is 0 Å². The van der Waals surface area contributed by atoms with Crippen LogP contribution < -0.4 is 4.90 Å². The summed E-state index contributed by atoms with van der Waals surface area (Å²) in [5.41, 5.74) is 1.36. The van der Waals surface area contributed by atoms with Crippen molar-refractivity contribution in [2.75, 3.05) is 31.1 Å². The standard InChI is InChI=1S/C17H18FN5O/c1-12-19-5-4-17(20-12)23-8-6-22(7-9-23)11-15-14-3-2-13(18)10-16(14)24-21-15/h2-5,10H,6-9,11H2,1H3. The van der Waals surface area contributed by atoms with E-state index in [0.717, 1.165) is 48.9 Å². The lowest BCUT2D eigenvalue weighted by molar-refractivity contribution is 0.243. The molecule has 0 amide bonds. The first-order valence-corrected chi connectivity index (χ1v) is 8.00. The van der Waals surface area contributed by atoms with E-state index in [1.807, 2.05) is 13.0 Å². The number of nitrogens with zero attached hydrogens (tertiary/aromatic N) is 5. The van der Waals surface area contributed by atoms with Crippen LogP contribution in [-0.4, -0.2) is 46.2 Å². The van der Waals surface area contributed by atoms with E-state index in [9.17, 15) is 4.39 Å². The van der Waals surface area contributed by atoms with Crippen molar-refractivity contribution >= 4 is 16.8 Å². The fourth-order valence-corrected chi connectivity index (χ4v) is 3.04. The maximum atomic E-state index is 13.2. The summed E-state index contributed by atoms with van der Waals surface area (Å²) in [4.78, 5) is 13.2. The van der Waals surface area contributed by atoms with Crippen molar-refractivity contribution in [3.8, 4) is 0 Å². The van der Waals surface area contributed by atoms with Crippen LogP contribution in [0, 0.1) is 12.7 Å². The SMILES string of the molecule is Cc1nccc(N2CCN(Cc3noc4cc(F)ccc34)CC2)n1. The fraction of sp³-hybridized carbons (Fsp3) is 0.353. The Morgan fingerprint density at radius 1 is 1.17 bits per heavy atom. The van der Waals surface area contributed by atoms with E-state index in [1.54, 1.807) is 12.3 Å². The molecule has 4 rings (SSSR count). The van der Waals surface area contributed by atoms with Gasteiger partial charge in [-0.05, 0) is 25.1 Å². The zero-order chi connectivity index (χ0) is 16.5. The molecule has 124 valence electrons. The Bertz CT molecular complexity index is 857. The van der Waals surface area contributed by atoms with Crippen molar-refractivity contribution in [3.05, 3.63) is 47.8 Å². The highest BCUT2D eigenvalue weighted by Gasteiger charge is 2.20. The van der Waals surface area contributed by atoms with Gasteiger partial charge < -0.3 is 9.42 Å². The van der Waals surface area contributed by atoms with Crippen LogP contribution >= 0.6 is 0 Å². The van der Waals surface area contributed by atoms with Gasteiger partial charge in [-0.15, -0.1) is 0 Å². The van der Waals surface area contributed by atoms with Crippen molar-refractivity contribution < 1.29 is 8.91 Å². The van der Waals surface area contributed by atoms with E-state index in [1.165, 1.54) is 12.1 Å². The largest absolute Gasteiger partial charge is 0.356 e. The first kappa shape index (κ1) is 15.0. The minimum atomic E-state index is -0.307. The average Bonchev–Trinajstić information content (AvgIpc) is 2.97. The summed E-state index contributed by atoms with van der Waals surface area (Å²) in [6.07, 6.45) is 1.80. The highest BCUT2D eigenvalue weighted by molar-refractivity contribution is 5.79. The van der Waals surface area contributed by atoms with Crippen molar-refractivity contribution in [1.29, 1.82) is 0 Å². The van der Waals surface area contributed by atoms with Gasteiger partial charge in [-0.3, -0.25) is 4.90 Å². The lowest BCUT2D eigenvalue weighted by atomic mass is 10.2. The molecule has 2 aromatic heterocycles. The molecule has 1 aliphatic heterocycles. The van der Waals surface area contributed by atoms with Crippen LogP contribution in [0.25, 0.3) is 11.0 Å². The van der Waals surface area contributed by atoms with Crippen LogP contribution in [0.2, 0.25) is 0 Å². The molecule has 1 aromatic carbocycles. The number of anilines is 1. The van der Waals surface area contributed by atoms with E-state index in [4.69, 9.17) is 4.52 Å². The Labute approximate surface area is 138 Å². The van der Waals surface area contributed by atoms with Gasteiger partial charge in [0.2, 0.25) is 0 Å². The number of fused-ring (bicyclic) bond motifs is 1. The molecule has 0 atom stereocenters. The van der Waals surface area contributed by atoms with Gasteiger partial charge in [-0.25, -0.2) is 14.4 Å². The van der Waals surface area contributed by atoms with Crippen LogP contribution in [0.5, 0.6) is 0 Å². The monoisotopic (exact) mass is 327 g/mol. The second kappa shape index (κ2) is 6.16. The number of rotatable bonds is 3. The number of piperazine rings is 1. The third-order valence-electron chi connectivity index (χ3n) is 4.34. The first-order chi connectivity index (χ1) is 11.7. The smallest absolute Gasteiger partial charge is 0.170 e. The quantitative estimate of drug-likeness (QED) is 0.736. The maximum Gasteiger partial charge on any atom is 0.170 e. The fourth-order valence-electron chi connectivity index (χ4n) is 3.04. The molecular formula is C17H18FN5O. The first-order valence-electron chi connectivity index (χ1n) is 8.00. The number of aromatic nitrogens is 3. The highest BCUT2D eigenvalue weighted by atomic mass is 19.1. The van der Waals surface area contributed by atoms with Gasteiger partial charge in [-0.2, -0.15) is 0 Å². The molecule has 0 bridgehead atoms. The summed E-state index contributed by atoms with van der Waals surface area (Å²) in [6, 6.07) is 6.50. The van der Waals surface area contributed by atoms with Crippen LogP contribution in [0.15, 0.2) is 35.0 Å². The van der Waals surface area contributed by atoms with E-state index in [0.29, 0.717) is 12.1 Å². The van der Waals surface area contributed by atoms with Crippen molar-refractivity contribution in [2.45, 2.75) is 13.5 Å². The zero-order valence-electron chi connectivity index (χ0n) is 13.4. The maximum absolute atomic E-state index is 13.2. The molecule has 1 fully saturated rings. The molecule has 0 spiro atoms. The molecule has 0 saturated carbocycles. The topological polar surface area (TPSA) is 58.3 Å². The number of halogens is 1. The molecular weight excluding hydrogens is 309 g/mol. The van der Waals surface area contributed by atoms with Gasteiger partial charge in [0.1, 0.15) is 23.2 Å². The molecule has 3 heterocycles. The Morgan fingerprint density at radius 2 is 2.00 bits per heavy atom. The minimum absolute atomic E-state index is 0.307. The molecule has 0 N–H and O–H groups in total. The highest BCUT2D eigenvalue weighted by Crippen LogP contribution is 2.21. The third kappa shape index (κ3) is 2.94. The summed E-state index contributed by atoms with van der Waals surface area (Å²) < 4.78 is 18.5. The molecule has 1 saturated heterocycles. The van der Waals surface area contributed by atoms with E-state index in [2.05, 4.69) is 24.9 Å². The minimum Gasteiger partial charge on any atom is -0.356 e. The normalized spacial score (nSPS) is 16.0. The predicted molar refractivity (Wildman–Crippen MR) is 88.2 cm³/mol. The van der Waals surface area contributed by atoms with E-state index < -0.39 is 0 Å². The van der Waals surface area contributed by atoms with Gasteiger partial charge in [-0.1, -0.05) is 5.16 Å². The molecule has 6 nitrogen and oxygen atoms in total. The van der Waals surface area contributed by atoms with Crippen molar-refractivity contribution in [3.63, 3.8) is 0 Å². The zero-order valence-corrected chi connectivity index (χ0v) is 13.4.